The number of hydrogen-bond donors (Lipinski definition) is 0. The average Bonchev–Trinajstić information content (AvgIpc) is 2.47. The van der Waals surface area contributed by atoms with Gasteiger partial charge in [-0.05, 0) is 48.6 Å². The predicted molar refractivity (Wildman–Crippen MR) is 65.8 cm³/mol. The molecule has 0 saturated carbocycles. The Bertz CT molecular complexity index is 446. The van der Waals surface area contributed by atoms with Crippen LogP contribution in [-0.4, -0.2) is 9.78 Å². The lowest BCUT2D eigenvalue weighted by Gasteiger charge is -2.02. The van der Waals surface area contributed by atoms with Gasteiger partial charge in [0.15, 0.2) is 0 Å². The van der Waals surface area contributed by atoms with Crippen molar-refractivity contribution in [1.29, 1.82) is 0 Å². The molecule has 1 heterocycles. The van der Waals surface area contributed by atoms with Gasteiger partial charge in [-0.15, -0.1) is 0 Å². The third-order valence-corrected chi connectivity index (χ3v) is 3.76. The molecule has 0 aliphatic carbocycles. The minimum Gasteiger partial charge on any atom is -0.237 e. The predicted octanol–water partition coefficient (Wildman–Crippen LogP) is 3.09. The summed E-state index contributed by atoms with van der Waals surface area (Å²) in [5.74, 6) is 0. The van der Waals surface area contributed by atoms with Crippen LogP contribution >= 0.6 is 22.6 Å². The molecule has 0 atom stereocenters. The third-order valence-electron chi connectivity index (χ3n) is 2.20. The fourth-order valence-corrected chi connectivity index (χ4v) is 1.78. The Kier molecular flexibility index (Phi) is 2.58. The Morgan fingerprint density at radius 1 is 1.14 bits per heavy atom. The zero-order chi connectivity index (χ0) is 10.1. The summed E-state index contributed by atoms with van der Waals surface area (Å²) in [4.78, 5) is 0. The standard InChI is InChI=1S/C11H11IN2/c1-8-11(12)9(2)14(13-8)10-6-4-3-5-7-10/h3-7H,1-2H3. The first-order valence-electron chi connectivity index (χ1n) is 4.47. The summed E-state index contributed by atoms with van der Waals surface area (Å²) in [6, 6.07) is 10.2. The topological polar surface area (TPSA) is 17.8 Å². The van der Waals surface area contributed by atoms with Crippen LogP contribution in [-0.2, 0) is 0 Å². The highest BCUT2D eigenvalue weighted by atomic mass is 127. The maximum absolute atomic E-state index is 4.49. The number of rotatable bonds is 1. The highest BCUT2D eigenvalue weighted by molar-refractivity contribution is 14.1. The van der Waals surface area contributed by atoms with Crippen molar-refractivity contribution in [1.82, 2.24) is 9.78 Å². The lowest BCUT2D eigenvalue weighted by molar-refractivity contribution is 0.833. The molecule has 1 aromatic heterocycles. The van der Waals surface area contributed by atoms with Crippen molar-refractivity contribution < 1.29 is 0 Å². The quantitative estimate of drug-likeness (QED) is 0.740. The molecule has 2 rings (SSSR count). The molecule has 1 aromatic carbocycles. The van der Waals surface area contributed by atoms with E-state index in [0.29, 0.717) is 0 Å². The molecular formula is C11H11IN2. The Morgan fingerprint density at radius 2 is 1.79 bits per heavy atom. The van der Waals surface area contributed by atoms with Crippen molar-refractivity contribution >= 4 is 22.6 Å². The van der Waals surface area contributed by atoms with Crippen molar-refractivity contribution in [3.8, 4) is 5.69 Å². The van der Waals surface area contributed by atoms with Crippen LogP contribution in [0.25, 0.3) is 5.69 Å². The maximum atomic E-state index is 4.49. The van der Waals surface area contributed by atoms with E-state index in [1.54, 1.807) is 0 Å². The van der Waals surface area contributed by atoms with Crippen LogP contribution in [0, 0.1) is 17.4 Å². The number of benzene rings is 1. The summed E-state index contributed by atoms with van der Waals surface area (Å²) in [6.45, 7) is 4.13. The fraction of sp³-hybridized carbons (Fsp3) is 0.182. The normalized spacial score (nSPS) is 10.5. The van der Waals surface area contributed by atoms with Crippen LogP contribution in [0.3, 0.4) is 0 Å². The van der Waals surface area contributed by atoms with Crippen molar-refractivity contribution in [2.24, 2.45) is 0 Å². The molecule has 14 heavy (non-hydrogen) atoms. The van der Waals surface area contributed by atoms with Crippen molar-refractivity contribution in [3.05, 3.63) is 45.3 Å². The van der Waals surface area contributed by atoms with E-state index in [9.17, 15) is 0 Å². The number of nitrogens with zero attached hydrogens (tertiary/aromatic N) is 2. The molecule has 0 amide bonds. The molecular weight excluding hydrogens is 287 g/mol. The lowest BCUT2D eigenvalue weighted by atomic mass is 10.3. The van der Waals surface area contributed by atoms with Crippen molar-refractivity contribution in [2.75, 3.05) is 0 Å². The molecule has 0 fully saturated rings. The third kappa shape index (κ3) is 1.56. The SMILES string of the molecule is Cc1nn(-c2ccccc2)c(C)c1I. The first kappa shape index (κ1) is 9.71. The molecule has 0 aliphatic heterocycles. The van der Waals surface area contributed by atoms with Crippen LogP contribution < -0.4 is 0 Å². The van der Waals surface area contributed by atoms with Gasteiger partial charge in [-0.3, -0.25) is 0 Å². The summed E-state index contributed by atoms with van der Waals surface area (Å²) < 4.78 is 3.23. The number of aromatic nitrogens is 2. The summed E-state index contributed by atoms with van der Waals surface area (Å²) in [6.07, 6.45) is 0. The van der Waals surface area contributed by atoms with Gasteiger partial charge in [0.25, 0.3) is 0 Å². The molecule has 0 unspecified atom stereocenters. The fourth-order valence-electron chi connectivity index (χ4n) is 1.44. The molecule has 72 valence electrons. The molecule has 0 spiro atoms. The Balaban J connectivity index is 2.58. The number of aryl methyl sites for hydroxylation is 1. The molecule has 0 saturated heterocycles. The van der Waals surface area contributed by atoms with Gasteiger partial charge < -0.3 is 0 Å². The molecule has 2 nitrogen and oxygen atoms in total. The lowest BCUT2D eigenvalue weighted by Crippen LogP contribution is -1.98. The minimum absolute atomic E-state index is 1.09. The van der Waals surface area contributed by atoms with E-state index in [1.807, 2.05) is 29.8 Å². The van der Waals surface area contributed by atoms with E-state index < -0.39 is 0 Å². The van der Waals surface area contributed by atoms with Gasteiger partial charge >= 0.3 is 0 Å². The van der Waals surface area contributed by atoms with E-state index in [0.717, 1.165) is 11.4 Å². The second-order valence-electron chi connectivity index (χ2n) is 3.23. The first-order chi connectivity index (χ1) is 6.70. The Labute approximate surface area is 97.1 Å². The highest BCUT2D eigenvalue weighted by Gasteiger charge is 2.08. The number of para-hydroxylation sites is 1. The summed E-state index contributed by atoms with van der Waals surface area (Å²) in [7, 11) is 0. The summed E-state index contributed by atoms with van der Waals surface area (Å²) >= 11 is 2.33. The van der Waals surface area contributed by atoms with E-state index in [4.69, 9.17) is 0 Å². The van der Waals surface area contributed by atoms with E-state index in [-0.39, 0.29) is 0 Å². The Hall–Kier alpha value is -0.840. The van der Waals surface area contributed by atoms with Gasteiger partial charge in [0.05, 0.1) is 20.6 Å². The van der Waals surface area contributed by atoms with E-state index in [2.05, 4.69) is 46.7 Å². The van der Waals surface area contributed by atoms with E-state index >= 15 is 0 Å². The molecule has 0 aliphatic rings. The van der Waals surface area contributed by atoms with Gasteiger partial charge in [-0.2, -0.15) is 5.10 Å². The van der Waals surface area contributed by atoms with Crippen LogP contribution in [0.2, 0.25) is 0 Å². The maximum Gasteiger partial charge on any atom is 0.0734 e. The smallest absolute Gasteiger partial charge is 0.0734 e. The van der Waals surface area contributed by atoms with Crippen LogP contribution in [0.1, 0.15) is 11.4 Å². The van der Waals surface area contributed by atoms with Crippen LogP contribution in [0.5, 0.6) is 0 Å². The largest absolute Gasteiger partial charge is 0.237 e. The van der Waals surface area contributed by atoms with Crippen molar-refractivity contribution in [2.45, 2.75) is 13.8 Å². The number of halogens is 1. The van der Waals surface area contributed by atoms with Gasteiger partial charge in [-0.25, -0.2) is 4.68 Å². The Morgan fingerprint density at radius 3 is 2.29 bits per heavy atom. The van der Waals surface area contributed by atoms with Crippen molar-refractivity contribution in [3.63, 3.8) is 0 Å². The molecule has 0 N–H and O–H groups in total. The van der Waals surface area contributed by atoms with Gasteiger partial charge in [-0.1, -0.05) is 18.2 Å². The second kappa shape index (κ2) is 3.73. The average molecular weight is 298 g/mol. The molecule has 2 aromatic rings. The second-order valence-corrected chi connectivity index (χ2v) is 4.31. The number of hydrogen-bond acceptors (Lipinski definition) is 1. The van der Waals surface area contributed by atoms with Gasteiger partial charge in [0.2, 0.25) is 0 Å². The highest BCUT2D eigenvalue weighted by Crippen LogP contribution is 2.18. The van der Waals surface area contributed by atoms with E-state index in [1.165, 1.54) is 9.26 Å². The molecule has 0 radical (unpaired) electrons. The zero-order valence-electron chi connectivity index (χ0n) is 8.16. The molecule has 0 bridgehead atoms. The summed E-state index contributed by atoms with van der Waals surface area (Å²) in [5, 5.41) is 4.49. The first-order valence-corrected chi connectivity index (χ1v) is 5.55. The van der Waals surface area contributed by atoms with Crippen LogP contribution in [0.4, 0.5) is 0 Å². The summed E-state index contributed by atoms with van der Waals surface area (Å²) in [5.41, 5.74) is 3.41. The monoisotopic (exact) mass is 298 g/mol. The van der Waals surface area contributed by atoms with Gasteiger partial charge in [0, 0.05) is 0 Å². The van der Waals surface area contributed by atoms with Crippen LogP contribution in [0.15, 0.2) is 30.3 Å². The minimum atomic E-state index is 1.09. The van der Waals surface area contributed by atoms with Gasteiger partial charge in [0.1, 0.15) is 0 Å². The molecule has 3 heteroatoms. The zero-order valence-corrected chi connectivity index (χ0v) is 10.3.